The number of unbranched alkanes of at least 4 members (excludes halogenated alkanes) is 5. The van der Waals surface area contributed by atoms with Gasteiger partial charge in [-0.15, -0.1) is 0 Å². The molecule has 0 aromatic rings. The van der Waals surface area contributed by atoms with Crippen LogP contribution in [0, 0.1) is 0 Å². The van der Waals surface area contributed by atoms with Crippen LogP contribution >= 0.6 is 0 Å². The van der Waals surface area contributed by atoms with Gasteiger partial charge in [-0.3, -0.25) is 12.5 Å². The molecule has 26 nitrogen and oxygen atoms in total. The normalized spacial score (nSPS) is 41.0. The fourth-order valence-electron chi connectivity index (χ4n) is 7.32. The molecule has 4 heterocycles. The Hall–Kier alpha value is 2.05. The van der Waals surface area contributed by atoms with E-state index in [9.17, 15) is 69.6 Å². The van der Waals surface area contributed by atoms with E-state index in [0.29, 0.717) is 6.42 Å². The Bertz CT molecular complexity index is 1720. The van der Waals surface area contributed by atoms with Crippen molar-refractivity contribution in [3.05, 3.63) is 0 Å². The Balaban J connectivity index is 0.00000683. The molecular formula is C32H55Na3O26S3. The van der Waals surface area contributed by atoms with Gasteiger partial charge >= 0.3 is 88.7 Å². The molecule has 0 bridgehead atoms. The molecule has 0 saturated carbocycles. The van der Waals surface area contributed by atoms with Gasteiger partial charge in [-0.25, -0.2) is 25.3 Å². The van der Waals surface area contributed by atoms with Crippen molar-refractivity contribution < 1.29 is 209 Å². The molecule has 6 N–H and O–H groups in total. The van der Waals surface area contributed by atoms with Crippen molar-refractivity contribution in [2.75, 3.05) is 6.61 Å². The van der Waals surface area contributed by atoms with Crippen molar-refractivity contribution in [1.29, 1.82) is 0 Å². The third kappa shape index (κ3) is 18.3. The van der Waals surface area contributed by atoms with E-state index in [1.807, 2.05) is 0 Å². The van der Waals surface area contributed by atoms with Gasteiger partial charge in [-0.1, -0.05) is 39.0 Å². The summed E-state index contributed by atoms with van der Waals surface area (Å²) in [7, 11) is -16.8. The molecule has 0 radical (unpaired) electrons. The van der Waals surface area contributed by atoms with Crippen LogP contribution < -0.4 is 88.7 Å². The van der Waals surface area contributed by atoms with E-state index < -0.39 is 154 Å². The summed E-state index contributed by atoms with van der Waals surface area (Å²) in [5.74, 6) is 0. The molecule has 4 aliphatic rings. The molecule has 0 aliphatic carbocycles. The number of hydrogen-bond acceptors (Lipinski definition) is 26. The number of rotatable bonds is 20. The number of hydrogen-bond donors (Lipinski definition) is 6. The van der Waals surface area contributed by atoms with E-state index in [2.05, 4.69) is 19.5 Å². The Labute approximate surface area is 438 Å². The van der Waals surface area contributed by atoms with Crippen LogP contribution in [-0.4, -0.2) is 199 Å². The molecular weight excluding hydrogens is 965 g/mol. The monoisotopic (exact) mass is 1020 g/mol. The first-order chi connectivity index (χ1) is 28.2. The maximum atomic E-state index is 11.8. The first-order valence-electron chi connectivity index (χ1n) is 19.4. The van der Waals surface area contributed by atoms with Crippen LogP contribution in [0.5, 0.6) is 0 Å². The number of aliphatic hydroxyl groups excluding tert-OH is 6. The van der Waals surface area contributed by atoms with E-state index in [4.69, 9.17) is 37.9 Å². The van der Waals surface area contributed by atoms with Crippen molar-refractivity contribution in [1.82, 2.24) is 0 Å². The topological polar surface area (TPSA) is 395 Å². The average molecular weight is 1020 g/mol. The quantitative estimate of drug-likeness (QED) is 0.0285. The largest absolute Gasteiger partial charge is 1.00 e. The number of ether oxygens (including phenoxy) is 8. The second-order valence-electron chi connectivity index (χ2n) is 15.1. The Morgan fingerprint density at radius 1 is 0.422 bits per heavy atom. The second-order valence-corrected chi connectivity index (χ2v) is 18.2. The van der Waals surface area contributed by atoms with Crippen molar-refractivity contribution in [3.8, 4) is 0 Å². The van der Waals surface area contributed by atoms with E-state index in [-0.39, 0.29) is 95.3 Å². The zero-order valence-corrected chi connectivity index (χ0v) is 45.0. The molecule has 4 saturated heterocycles. The van der Waals surface area contributed by atoms with Crippen LogP contribution in [0.15, 0.2) is 0 Å². The van der Waals surface area contributed by atoms with Crippen LogP contribution in [0.3, 0.4) is 0 Å². The standard InChI is InChI=1S/C32H58O26S3.3Na/c1-6-7-8-9-10-11-12-48-29-19(35)17(33)23(13(2)49-29)53-31-21(37)27(25(15(4)51-31)56-59(39,40)41)55-30-20(36)18(34)24(14(3)50-30)54-32-22(38)28(58-61(45,46)47)26(16(5)52-32)57-60(42,43)44;;;/h13-38H,6-12H2,1-5H3,(H,39,40,41)(H,42,43,44)(H,45,46,47);;;/q;3*+1/p-3/t13-,14-,15-,16-,17-,18-,19-,20-,21-,22-,23+,24+,25+,26+,27-,28-,29-,30-,31-,32-;;;/m0.../s1. The Morgan fingerprint density at radius 3 is 1.17 bits per heavy atom. The minimum absolute atomic E-state index is 0. The summed E-state index contributed by atoms with van der Waals surface area (Å²) in [5.41, 5.74) is 0. The molecule has 0 aromatic heterocycles. The Kier molecular flexibility index (Phi) is 27.8. The van der Waals surface area contributed by atoms with E-state index in [1.165, 1.54) is 20.8 Å². The molecule has 0 amide bonds. The SMILES string of the molecule is CCCCCCCCO[C@H]1O[C@@H](C)[C@@H](O[C@@H]2O[C@@H](C)[C@@H](OS(=O)(=O)[O-])[C@@H](O[C@@H]3O[C@@H](C)[C@@H](O[C@@H]4O[C@@H](C)[C@@H](OS(=O)(=O)[O-])[C@@H](OS(=O)(=O)[O-])[C@@H]4O)[C@@H](O)[C@@H]3O)[C@@H]2O)[C@@H](O)[C@@H]1O.[Na+].[Na+].[Na+]. The van der Waals surface area contributed by atoms with Crippen LogP contribution in [-0.2, 0) is 81.6 Å². The molecule has 0 unspecified atom stereocenters. The molecule has 0 spiro atoms. The summed E-state index contributed by atoms with van der Waals surface area (Å²) in [6, 6.07) is 0. The van der Waals surface area contributed by atoms with E-state index in [1.54, 1.807) is 0 Å². The third-order valence-corrected chi connectivity index (χ3v) is 11.8. The summed E-state index contributed by atoms with van der Waals surface area (Å²) in [5, 5.41) is 66.4. The zero-order chi connectivity index (χ0) is 45.8. The second kappa shape index (κ2) is 27.8. The third-order valence-electron chi connectivity index (χ3n) is 10.4. The van der Waals surface area contributed by atoms with Gasteiger partial charge < -0.3 is 82.2 Å². The summed E-state index contributed by atoms with van der Waals surface area (Å²) < 4.78 is 162. The minimum atomic E-state index is -5.70. The van der Waals surface area contributed by atoms with Crippen LogP contribution in [0.2, 0.25) is 0 Å². The molecule has 4 fully saturated rings. The van der Waals surface area contributed by atoms with Crippen molar-refractivity contribution in [2.45, 2.75) is 196 Å². The predicted molar refractivity (Wildman–Crippen MR) is 191 cm³/mol. The smallest absolute Gasteiger partial charge is 0.726 e. The zero-order valence-electron chi connectivity index (χ0n) is 36.6. The fourth-order valence-corrected chi connectivity index (χ4v) is 8.90. The van der Waals surface area contributed by atoms with Crippen molar-refractivity contribution in [2.24, 2.45) is 0 Å². The maximum Gasteiger partial charge on any atom is 1.00 e. The first-order valence-corrected chi connectivity index (χ1v) is 23.4. The molecule has 20 atom stereocenters. The van der Waals surface area contributed by atoms with Gasteiger partial charge in [0.05, 0.1) is 24.4 Å². The molecule has 0 aromatic carbocycles. The summed E-state index contributed by atoms with van der Waals surface area (Å²) in [6.45, 7) is 7.21. The number of aliphatic hydroxyl groups is 6. The predicted octanol–water partition coefficient (Wildman–Crippen LogP) is -12.8. The molecule has 32 heteroatoms. The minimum Gasteiger partial charge on any atom is -0.726 e. The van der Waals surface area contributed by atoms with Gasteiger partial charge in [0.1, 0.15) is 73.2 Å². The molecule has 4 aliphatic heterocycles. The van der Waals surface area contributed by atoms with Crippen LogP contribution in [0.4, 0.5) is 0 Å². The van der Waals surface area contributed by atoms with E-state index in [0.717, 1.165) is 39.0 Å². The van der Waals surface area contributed by atoms with Gasteiger partial charge in [0.25, 0.3) is 0 Å². The van der Waals surface area contributed by atoms with Crippen molar-refractivity contribution >= 4 is 31.2 Å². The van der Waals surface area contributed by atoms with Gasteiger partial charge in [-0.05, 0) is 34.1 Å². The summed E-state index contributed by atoms with van der Waals surface area (Å²) in [4.78, 5) is 0. The summed E-state index contributed by atoms with van der Waals surface area (Å²) in [6.07, 6.45) is -30.9. The fraction of sp³-hybridized carbons (Fsp3) is 1.00. The van der Waals surface area contributed by atoms with Gasteiger partial charge in [0.15, 0.2) is 25.2 Å². The first kappa shape index (κ1) is 64.1. The van der Waals surface area contributed by atoms with Crippen LogP contribution in [0.25, 0.3) is 0 Å². The van der Waals surface area contributed by atoms with Crippen molar-refractivity contribution in [3.63, 3.8) is 0 Å². The average Bonchev–Trinajstić information content (AvgIpc) is 3.14. The molecule has 360 valence electrons. The van der Waals surface area contributed by atoms with Gasteiger partial charge in [-0.2, -0.15) is 0 Å². The molecule has 64 heavy (non-hydrogen) atoms. The Morgan fingerprint density at radius 2 is 0.734 bits per heavy atom. The van der Waals surface area contributed by atoms with Gasteiger partial charge in [0, 0.05) is 6.61 Å². The summed E-state index contributed by atoms with van der Waals surface area (Å²) >= 11 is 0. The van der Waals surface area contributed by atoms with Gasteiger partial charge in [0.2, 0.25) is 31.2 Å². The molecule has 4 rings (SSSR count). The van der Waals surface area contributed by atoms with E-state index >= 15 is 0 Å². The van der Waals surface area contributed by atoms with Crippen LogP contribution in [0.1, 0.15) is 73.1 Å². The maximum absolute atomic E-state index is 11.8.